The molecular formula is C12H17NO2. The predicted molar refractivity (Wildman–Crippen MR) is 56.0 cm³/mol. The van der Waals surface area contributed by atoms with Gasteiger partial charge in [0.25, 0.3) is 0 Å². The molecule has 3 heteroatoms. The molecule has 2 aliphatic carbocycles. The lowest BCUT2D eigenvalue weighted by Gasteiger charge is -2.24. The lowest BCUT2D eigenvalue weighted by molar-refractivity contribution is -0.135. The zero-order valence-corrected chi connectivity index (χ0v) is 8.80. The number of aliphatic hydroxyl groups excluding tert-OH is 1. The van der Waals surface area contributed by atoms with E-state index >= 15 is 0 Å². The first-order valence-electron chi connectivity index (χ1n) is 5.89. The Kier molecular flexibility index (Phi) is 2.09. The molecule has 4 unspecified atom stereocenters. The average molecular weight is 207 g/mol. The smallest absolute Gasteiger partial charge is 0.226 e. The summed E-state index contributed by atoms with van der Waals surface area (Å²) in [4.78, 5) is 14.0. The SMILES string of the molecule is O=C(C1CC2C=CC1C2)N1CCC(O)C1. The minimum Gasteiger partial charge on any atom is -0.391 e. The zero-order valence-electron chi connectivity index (χ0n) is 8.80. The van der Waals surface area contributed by atoms with E-state index in [1.807, 2.05) is 4.90 Å². The summed E-state index contributed by atoms with van der Waals surface area (Å²) >= 11 is 0. The summed E-state index contributed by atoms with van der Waals surface area (Å²) in [7, 11) is 0. The minimum atomic E-state index is -0.289. The molecule has 4 atom stereocenters. The van der Waals surface area contributed by atoms with Crippen molar-refractivity contribution in [3.63, 3.8) is 0 Å². The highest BCUT2D eigenvalue weighted by molar-refractivity contribution is 5.80. The molecule has 82 valence electrons. The number of hydrogen-bond donors (Lipinski definition) is 1. The summed E-state index contributed by atoms with van der Waals surface area (Å²) in [5.41, 5.74) is 0. The molecular weight excluding hydrogens is 190 g/mol. The lowest BCUT2D eigenvalue weighted by Crippen LogP contribution is -2.36. The zero-order chi connectivity index (χ0) is 10.4. The average Bonchev–Trinajstić information content (AvgIpc) is 2.90. The van der Waals surface area contributed by atoms with Crippen LogP contribution < -0.4 is 0 Å². The van der Waals surface area contributed by atoms with Crippen LogP contribution in [0.5, 0.6) is 0 Å². The van der Waals surface area contributed by atoms with Gasteiger partial charge in [-0.25, -0.2) is 0 Å². The Labute approximate surface area is 89.8 Å². The molecule has 1 saturated carbocycles. The summed E-state index contributed by atoms with van der Waals surface area (Å²) in [6.07, 6.45) is 7.14. The van der Waals surface area contributed by atoms with Crippen LogP contribution in [0.3, 0.4) is 0 Å². The Morgan fingerprint density at radius 1 is 1.33 bits per heavy atom. The normalized spacial score (nSPS) is 42.9. The second-order valence-electron chi connectivity index (χ2n) is 5.11. The van der Waals surface area contributed by atoms with Crippen molar-refractivity contribution in [1.29, 1.82) is 0 Å². The van der Waals surface area contributed by atoms with Crippen molar-refractivity contribution in [2.75, 3.05) is 13.1 Å². The summed E-state index contributed by atoms with van der Waals surface area (Å²) in [5, 5.41) is 9.42. The van der Waals surface area contributed by atoms with Crippen molar-refractivity contribution >= 4 is 5.91 Å². The Morgan fingerprint density at radius 3 is 2.73 bits per heavy atom. The van der Waals surface area contributed by atoms with Gasteiger partial charge in [-0.2, -0.15) is 0 Å². The topological polar surface area (TPSA) is 40.5 Å². The molecule has 3 nitrogen and oxygen atoms in total. The van der Waals surface area contributed by atoms with E-state index in [2.05, 4.69) is 12.2 Å². The molecule has 1 amide bonds. The predicted octanol–water partition coefficient (Wildman–Crippen LogP) is 0.792. The number of amides is 1. The van der Waals surface area contributed by atoms with E-state index in [4.69, 9.17) is 0 Å². The number of fused-ring (bicyclic) bond motifs is 2. The molecule has 15 heavy (non-hydrogen) atoms. The molecule has 3 aliphatic rings. The van der Waals surface area contributed by atoms with Crippen molar-refractivity contribution in [3.05, 3.63) is 12.2 Å². The summed E-state index contributed by atoms with van der Waals surface area (Å²) < 4.78 is 0. The van der Waals surface area contributed by atoms with E-state index in [9.17, 15) is 9.90 Å². The first kappa shape index (κ1) is 9.40. The van der Waals surface area contributed by atoms with E-state index < -0.39 is 0 Å². The van der Waals surface area contributed by atoms with Gasteiger partial charge in [-0.3, -0.25) is 4.79 Å². The number of carbonyl (C=O) groups excluding carboxylic acids is 1. The van der Waals surface area contributed by atoms with Crippen LogP contribution >= 0.6 is 0 Å². The third-order valence-electron chi connectivity index (χ3n) is 4.07. The highest BCUT2D eigenvalue weighted by Gasteiger charge is 2.42. The largest absolute Gasteiger partial charge is 0.391 e. The van der Waals surface area contributed by atoms with Gasteiger partial charge in [0.2, 0.25) is 5.91 Å². The van der Waals surface area contributed by atoms with Gasteiger partial charge in [-0.05, 0) is 31.1 Å². The van der Waals surface area contributed by atoms with E-state index in [1.54, 1.807) is 0 Å². The van der Waals surface area contributed by atoms with Crippen molar-refractivity contribution in [1.82, 2.24) is 4.90 Å². The fourth-order valence-corrected chi connectivity index (χ4v) is 3.24. The molecule has 0 radical (unpaired) electrons. The van der Waals surface area contributed by atoms with Gasteiger partial charge >= 0.3 is 0 Å². The summed E-state index contributed by atoms with van der Waals surface area (Å²) in [5.74, 6) is 1.63. The van der Waals surface area contributed by atoms with Gasteiger partial charge in [-0.15, -0.1) is 0 Å². The molecule has 0 spiro atoms. The maximum absolute atomic E-state index is 12.2. The Morgan fingerprint density at radius 2 is 2.20 bits per heavy atom. The van der Waals surface area contributed by atoms with E-state index in [1.165, 1.54) is 6.42 Å². The van der Waals surface area contributed by atoms with Crippen LogP contribution in [0.4, 0.5) is 0 Å². The third-order valence-corrected chi connectivity index (χ3v) is 4.07. The van der Waals surface area contributed by atoms with Gasteiger partial charge < -0.3 is 10.0 Å². The molecule has 1 heterocycles. The van der Waals surface area contributed by atoms with Crippen molar-refractivity contribution in [2.45, 2.75) is 25.4 Å². The number of nitrogens with zero attached hydrogens (tertiary/aromatic N) is 1. The monoisotopic (exact) mass is 207 g/mol. The molecule has 1 aliphatic heterocycles. The Hall–Kier alpha value is -0.830. The number of allylic oxidation sites excluding steroid dienone is 2. The second-order valence-corrected chi connectivity index (χ2v) is 5.11. The van der Waals surface area contributed by atoms with Crippen LogP contribution in [0, 0.1) is 17.8 Å². The molecule has 1 N–H and O–H groups in total. The Balaban J connectivity index is 1.68. The highest BCUT2D eigenvalue weighted by Crippen LogP contribution is 2.44. The number of aliphatic hydroxyl groups is 1. The molecule has 1 saturated heterocycles. The van der Waals surface area contributed by atoms with Crippen LogP contribution in [0.2, 0.25) is 0 Å². The molecule has 2 fully saturated rings. The lowest BCUT2D eigenvalue weighted by atomic mass is 9.92. The van der Waals surface area contributed by atoms with E-state index in [0.29, 0.717) is 18.4 Å². The first-order chi connectivity index (χ1) is 7.24. The maximum atomic E-state index is 12.2. The molecule has 0 aromatic carbocycles. The van der Waals surface area contributed by atoms with Crippen LogP contribution in [0.15, 0.2) is 12.2 Å². The first-order valence-corrected chi connectivity index (χ1v) is 5.89. The summed E-state index contributed by atoms with van der Waals surface area (Å²) in [6, 6.07) is 0. The van der Waals surface area contributed by atoms with E-state index in [-0.39, 0.29) is 17.9 Å². The number of hydrogen-bond acceptors (Lipinski definition) is 2. The van der Waals surface area contributed by atoms with Gasteiger partial charge in [0, 0.05) is 19.0 Å². The summed E-state index contributed by atoms with van der Waals surface area (Å²) in [6.45, 7) is 1.30. The molecule has 0 aromatic rings. The fraction of sp³-hybridized carbons (Fsp3) is 0.750. The fourth-order valence-electron chi connectivity index (χ4n) is 3.24. The molecule has 3 rings (SSSR count). The molecule has 2 bridgehead atoms. The standard InChI is InChI=1S/C12H17NO2/c14-10-3-4-13(7-10)12(15)11-6-8-1-2-9(11)5-8/h1-2,8-11,14H,3-7H2. The van der Waals surface area contributed by atoms with Gasteiger partial charge in [0.1, 0.15) is 0 Å². The number of carbonyl (C=O) groups is 1. The van der Waals surface area contributed by atoms with Crippen LogP contribution in [0.25, 0.3) is 0 Å². The maximum Gasteiger partial charge on any atom is 0.226 e. The third kappa shape index (κ3) is 1.49. The van der Waals surface area contributed by atoms with Crippen LogP contribution in [-0.4, -0.2) is 35.1 Å². The number of rotatable bonds is 1. The minimum absolute atomic E-state index is 0.213. The van der Waals surface area contributed by atoms with Crippen molar-refractivity contribution in [2.24, 2.45) is 17.8 Å². The number of likely N-dealkylation sites (tertiary alicyclic amines) is 1. The second kappa shape index (κ2) is 3.34. The van der Waals surface area contributed by atoms with Gasteiger partial charge in [0.05, 0.1) is 6.10 Å². The van der Waals surface area contributed by atoms with Crippen molar-refractivity contribution < 1.29 is 9.90 Å². The quantitative estimate of drug-likeness (QED) is 0.646. The number of β-amino-alcohol motifs (C(OH)–C–C–N with tert-alkyl or cyclic N) is 1. The van der Waals surface area contributed by atoms with Crippen LogP contribution in [0.1, 0.15) is 19.3 Å². The van der Waals surface area contributed by atoms with Gasteiger partial charge in [-0.1, -0.05) is 12.2 Å². The molecule has 0 aromatic heterocycles. The van der Waals surface area contributed by atoms with E-state index in [0.717, 1.165) is 19.4 Å². The van der Waals surface area contributed by atoms with Crippen molar-refractivity contribution in [3.8, 4) is 0 Å². The Bertz CT molecular complexity index is 313. The highest BCUT2D eigenvalue weighted by atomic mass is 16.3. The van der Waals surface area contributed by atoms with Gasteiger partial charge in [0.15, 0.2) is 0 Å². The van der Waals surface area contributed by atoms with Crippen LogP contribution in [-0.2, 0) is 4.79 Å².